The van der Waals surface area contributed by atoms with Gasteiger partial charge in [-0.1, -0.05) is 6.07 Å². The predicted octanol–water partition coefficient (Wildman–Crippen LogP) is 3.54. The number of hydrogen-bond acceptors (Lipinski definition) is 4. The molecule has 0 spiro atoms. The first-order chi connectivity index (χ1) is 13.2. The van der Waals surface area contributed by atoms with Gasteiger partial charge in [0.2, 0.25) is 0 Å². The third-order valence-corrected chi connectivity index (χ3v) is 7.47. The van der Waals surface area contributed by atoms with Gasteiger partial charge < -0.3 is 15.5 Å². The van der Waals surface area contributed by atoms with Crippen LogP contribution in [0.15, 0.2) is 22.5 Å². The van der Waals surface area contributed by atoms with E-state index in [4.69, 9.17) is 0 Å². The molecule has 158 valence electrons. The molecule has 5 nitrogen and oxygen atoms in total. The van der Waals surface area contributed by atoms with Crippen molar-refractivity contribution in [1.82, 2.24) is 20.4 Å². The maximum atomic E-state index is 4.51. The van der Waals surface area contributed by atoms with Crippen molar-refractivity contribution in [2.24, 2.45) is 10.9 Å². The van der Waals surface area contributed by atoms with E-state index in [9.17, 15) is 0 Å². The lowest BCUT2D eigenvalue weighted by molar-refractivity contribution is 0.125. The Morgan fingerprint density at radius 3 is 2.61 bits per heavy atom. The molecule has 0 amide bonds. The minimum Gasteiger partial charge on any atom is -0.356 e. The zero-order chi connectivity index (χ0) is 18.6. The van der Waals surface area contributed by atoms with Gasteiger partial charge in [0.15, 0.2) is 5.96 Å². The van der Waals surface area contributed by atoms with Crippen LogP contribution in [0.5, 0.6) is 0 Å². The molecule has 2 unspecified atom stereocenters. The first-order valence-electron chi connectivity index (χ1n) is 10.7. The first-order valence-corrected chi connectivity index (χ1v) is 11.6. The number of piperidine rings is 2. The summed E-state index contributed by atoms with van der Waals surface area (Å²) in [6, 6.07) is 6.48. The highest BCUT2D eigenvalue weighted by atomic mass is 127. The number of nitrogens with zero attached hydrogens (tertiary/aromatic N) is 3. The summed E-state index contributed by atoms with van der Waals surface area (Å²) >= 11 is 1.89. The molecule has 3 aliphatic rings. The van der Waals surface area contributed by atoms with Gasteiger partial charge in [-0.15, -0.1) is 35.3 Å². The van der Waals surface area contributed by atoms with Crippen molar-refractivity contribution in [3.63, 3.8) is 0 Å². The topological polar surface area (TPSA) is 42.9 Å². The van der Waals surface area contributed by atoms with Crippen LogP contribution in [-0.4, -0.2) is 68.1 Å². The summed E-state index contributed by atoms with van der Waals surface area (Å²) in [5, 5.41) is 9.54. The highest BCUT2D eigenvalue weighted by molar-refractivity contribution is 14.0. The average molecular weight is 518 g/mol. The molecular weight excluding hydrogens is 481 g/mol. The van der Waals surface area contributed by atoms with E-state index >= 15 is 0 Å². The van der Waals surface area contributed by atoms with Crippen LogP contribution in [0.1, 0.15) is 49.4 Å². The smallest absolute Gasteiger partial charge is 0.191 e. The molecule has 1 saturated carbocycles. The van der Waals surface area contributed by atoms with Gasteiger partial charge in [0.25, 0.3) is 0 Å². The number of guanidine groups is 1. The third kappa shape index (κ3) is 5.61. The molecule has 28 heavy (non-hydrogen) atoms. The van der Waals surface area contributed by atoms with Gasteiger partial charge in [-0.3, -0.25) is 9.89 Å². The van der Waals surface area contributed by atoms with E-state index in [2.05, 4.69) is 50.0 Å². The standard InChI is InChI=1S/C21H35N5S.HI/c1-22-21(24-17-9-12-26(13-10-17)18-7-8-18)23-15-16-5-3-11-25(2)20(16)19-6-4-14-27-19;/h4,6,14,16-18,20H,3,5,7-13,15H2,1-2H3,(H2,22,23,24);1H. The highest BCUT2D eigenvalue weighted by Crippen LogP contribution is 2.36. The Hall–Kier alpha value is -0.380. The van der Waals surface area contributed by atoms with Crippen molar-refractivity contribution in [2.45, 2.75) is 56.7 Å². The monoisotopic (exact) mass is 517 g/mol. The third-order valence-electron chi connectivity index (χ3n) is 6.53. The molecular formula is C21H36IN5S. The number of halogens is 1. The van der Waals surface area contributed by atoms with Crippen molar-refractivity contribution >= 4 is 41.3 Å². The van der Waals surface area contributed by atoms with Crippen LogP contribution in [0.4, 0.5) is 0 Å². The summed E-state index contributed by atoms with van der Waals surface area (Å²) in [6.45, 7) is 4.68. The number of thiophene rings is 1. The molecule has 2 aliphatic heterocycles. The van der Waals surface area contributed by atoms with E-state index in [-0.39, 0.29) is 24.0 Å². The fraction of sp³-hybridized carbons (Fsp3) is 0.762. The Morgan fingerprint density at radius 2 is 1.96 bits per heavy atom. The Bertz CT molecular complexity index is 610. The van der Waals surface area contributed by atoms with Crippen LogP contribution in [0.2, 0.25) is 0 Å². The van der Waals surface area contributed by atoms with E-state index in [1.165, 1.54) is 63.0 Å². The zero-order valence-electron chi connectivity index (χ0n) is 17.3. The largest absolute Gasteiger partial charge is 0.356 e. The molecule has 2 atom stereocenters. The minimum atomic E-state index is 0. The summed E-state index contributed by atoms with van der Waals surface area (Å²) in [7, 11) is 4.18. The quantitative estimate of drug-likeness (QED) is 0.356. The zero-order valence-corrected chi connectivity index (χ0v) is 20.4. The van der Waals surface area contributed by atoms with Gasteiger partial charge >= 0.3 is 0 Å². The Kier molecular flexibility index (Phi) is 8.44. The molecule has 7 heteroatoms. The molecule has 1 aliphatic carbocycles. The van der Waals surface area contributed by atoms with Crippen molar-refractivity contribution in [2.75, 3.05) is 40.3 Å². The molecule has 3 fully saturated rings. The summed E-state index contributed by atoms with van der Waals surface area (Å²) in [6.07, 6.45) is 7.89. The summed E-state index contributed by atoms with van der Waals surface area (Å²) in [4.78, 5) is 11.2. The normalized spacial score (nSPS) is 28.0. The molecule has 4 rings (SSSR count). The molecule has 0 radical (unpaired) electrons. The maximum absolute atomic E-state index is 4.51. The van der Waals surface area contributed by atoms with Crippen molar-refractivity contribution in [1.29, 1.82) is 0 Å². The lowest BCUT2D eigenvalue weighted by Gasteiger charge is -2.39. The van der Waals surface area contributed by atoms with Crippen LogP contribution in [0.3, 0.4) is 0 Å². The molecule has 3 heterocycles. The van der Waals surface area contributed by atoms with Crippen LogP contribution >= 0.6 is 35.3 Å². The molecule has 1 aromatic rings. The molecule has 2 saturated heterocycles. The lowest BCUT2D eigenvalue weighted by atomic mass is 9.88. The van der Waals surface area contributed by atoms with E-state index in [0.29, 0.717) is 18.0 Å². The number of hydrogen-bond donors (Lipinski definition) is 2. The van der Waals surface area contributed by atoms with E-state index < -0.39 is 0 Å². The van der Waals surface area contributed by atoms with Gasteiger partial charge in [-0.05, 0) is 69.5 Å². The van der Waals surface area contributed by atoms with Crippen molar-refractivity contribution in [3.05, 3.63) is 22.4 Å². The Labute approximate surface area is 191 Å². The number of aliphatic imine (C=N–C) groups is 1. The molecule has 0 bridgehead atoms. The number of likely N-dealkylation sites (tertiary alicyclic amines) is 2. The summed E-state index contributed by atoms with van der Waals surface area (Å²) in [5.41, 5.74) is 0. The average Bonchev–Trinajstić information content (AvgIpc) is 3.40. The SMILES string of the molecule is CN=C(NCC1CCCN(C)C1c1cccs1)NC1CCN(C2CC2)CC1.I. The Balaban J connectivity index is 0.00000225. The molecule has 2 N–H and O–H groups in total. The van der Waals surface area contributed by atoms with E-state index in [1.807, 2.05) is 18.4 Å². The van der Waals surface area contributed by atoms with E-state index in [0.717, 1.165) is 18.5 Å². The predicted molar refractivity (Wildman–Crippen MR) is 130 cm³/mol. The van der Waals surface area contributed by atoms with E-state index in [1.54, 1.807) is 0 Å². The van der Waals surface area contributed by atoms with Gasteiger partial charge in [0.05, 0.1) is 0 Å². The van der Waals surface area contributed by atoms with Crippen LogP contribution < -0.4 is 10.6 Å². The maximum Gasteiger partial charge on any atom is 0.191 e. The number of nitrogens with one attached hydrogen (secondary N) is 2. The summed E-state index contributed by atoms with van der Waals surface area (Å²) < 4.78 is 0. The second kappa shape index (κ2) is 10.6. The minimum absolute atomic E-state index is 0. The van der Waals surface area contributed by atoms with Crippen LogP contribution in [0, 0.1) is 5.92 Å². The Morgan fingerprint density at radius 1 is 1.18 bits per heavy atom. The fourth-order valence-electron chi connectivity index (χ4n) is 4.85. The molecule has 1 aromatic heterocycles. The second-order valence-corrected chi connectivity index (χ2v) is 9.46. The number of rotatable bonds is 5. The van der Waals surface area contributed by atoms with Crippen molar-refractivity contribution < 1.29 is 0 Å². The van der Waals surface area contributed by atoms with Crippen LogP contribution in [-0.2, 0) is 0 Å². The van der Waals surface area contributed by atoms with Gasteiger partial charge in [0, 0.05) is 49.7 Å². The van der Waals surface area contributed by atoms with Gasteiger partial charge in [0.1, 0.15) is 0 Å². The summed E-state index contributed by atoms with van der Waals surface area (Å²) in [5.74, 6) is 1.62. The fourth-order valence-corrected chi connectivity index (χ4v) is 5.83. The second-order valence-electron chi connectivity index (χ2n) is 8.48. The van der Waals surface area contributed by atoms with Gasteiger partial charge in [-0.2, -0.15) is 0 Å². The molecule has 0 aromatic carbocycles. The van der Waals surface area contributed by atoms with Crippen LogP contribution in [0.25, 0.3) is 0 Å². The van der Waals surface area contributed by atoms with Crippen molar-refractivity contribution in [3.8, 4) is 0 Å². The van der Waals surface area contributed by atoms with Gasteiger partial charge in [-0.25, -0.2) is 0 Å². The lowest BCUT2D eigenvalue weighted by Crippen LogP contribution is -2.50. The highest BCUT2D eigenvalue weighted by Gasteiger charge is 2.33. The first kappa shape index (κ1) is 22.3.